The fraction of sp³-hybridized carbons (Fsp3) is 0.412. The van der Waals surface area contributed by atoms with Gasteiger partial charge in [-0.2, -0.15) is 0 Å². The van der Waals surface area contributed by atoms with Gasteiger partial charge in [-0.3, -0.25) is 14.7 Å². The van der Waals surface area contributed by atoms with Gasteiger partial charge in [0.05, 0.1) is 11.6 Å². The Morgan fingerprint density at radius 1 is 1.21 bits per heavy atom. The van der Waals surface area contributed by atoms with Gasteiger partial charge in [0, 0.05) is 49.8 Å². The number of esters is 1. The summed E-state index contributed by atoms with van der Waals surface area (Å²) in [5, 5.41) is 1.58. The molecule has 0 amide bonds. The minimum Gasteiger partial charge on any atom is -0.490 e. The largest absolute Gasteiger partial charge is 0.490 e. The molecule has 2 heterocycles. The summed E-state index contributed by atoms with van der Waals surface area (Å²) in [6.07, 6.45) is 6.65. The molecule has 42 heavy (non-hydrogen) atoms. The van der Waals surface area contributed by atoms with Crippen LogP contribution in [0.15, 0.2) is 78.9 Å². The molecule has 8 heteroatoms. The third kappa shape index (κ3) is 8.11. The van der Waals surface area contributed by atoms with Crippen LogP contribution in [0.5, 0.6) is 5.75 Å². The number of hydrazine groups is 1. The zero-order chi connectivity index (χ0) is 30.1. The van der Waals surface area contributed by atoms with Gasteiger partial charge < -0.3 is 20.2 Å². The number of carbonyl (C=O) groups excluding carboxylic acids is 1. The second kappa shape index (κ2) is 14.3. The lowest BCUT2D eigenvalue weighted by Gasteiger charge is -2.33. The molecular formula is C34H45N5O3. The molecule has 8 nitrogen and oxygen atoms in total. The number of nitrogens with zero attached hydrogens (tertiary/aromatic N) is 3. The van der Waals surface area contributed by atoms with Gasteiger partial charge in [-0.05, 0) is 74.8 Å². The van der Waals surface area contributed by atoms with Crippen molar-refractivity contribution < 1.29 is 14.3 Å². The van der Waals surface area contributed by atoms with Crippen molar-refractivity contribution in [3.05, 3.63) is 107 Å². The van der Waals surface area contributed by atoms with Crippen molar-refractivity contribution >= 4 is 5.97 Å². The van der Waals surface area contributed by atoms with Crippen molar-refractivity contribution in [1.29, 1.82) is 0 Å². The van der Waals surface area contributed by atoms with E-state index in [1.165, 1.54) is 11.1 Å². The SMILES string of the molecule is CCN(N)/C=C(\N)CCC(c1ccc(C)c(CN2CCOc3cnccc3C2)c1)C(C)(C)C(=O)OCc1ccccc1. The molecule has 4 N–H and O–H groups in total. The number of hydrogen-bond donors (Lipinski definition) is 2. The highest BCUT2D eigenvalue weighted by Crippen LogP contribution is 2.41. The molecular weight excluding hydrogens is 526 g/mol. The quantitative estimate of drug-likeness (QED) is 0.169. The first kappa shape index (κ1) is 31.1. The van der Waals surface area contributed by atoms with E-state index in [-0.39, 0.29) is 18.5 Å². The Hall–Kier alpha value is -3.88. The Bertz CT molecular complexity index is 1360. The average Bonchev–Trinajstić information content (AvgIpc) is 3.19. The summed E-state index contributed by atoms with van der Waals surface area (Å²) in [5.74, 6) is 6.47. The third-order valence-electron chi connectivity index (χ3n) is 8.13. The van der Waals surface area contributed by atoms with E-state index in [4.69, 9.17) is 21.1 Å². The van der Waals surface area contributed by atoms with Crippen LogP contribution < -0.4 is 16.3 Å². The van der Waals surface area contributed by atoms with Crippen molar-refractivity contribution in [2.75, 3.05) is 19.7 Å². The molecule has 0 spiro atoms. The topological polar surface area (TPSA) is 107 Å². The van der Waals surface area contributed by atoms with Crippen LogP contribution in [0.3, 0.4) is 0 Å². The molecule has 3 aromatic rings. The van der Waals surface area contributed by atoms with Gasteiger partial charge >= 0.3 is 5.97 Å². The van der Waals surface area contributed by atoms with Gasteiger partial charge in [0.15, 0.2) is 0 Å². The highest BCUT2D eigenvalue weighted by atomic mass is 16.5. The highest BCUT2D eigenvalue weighted by molar-refractivity contribution is 5.77. The van der Waals surface area contributed by atoms with Gasteiger partial charge in [-0.25, -0.2) is 5.84 Å². The molecule has 0 radical (unpaired) electrons. The monoisotopic (exact) mass is 571 g/mol. The third-order valence-corrected chi connectivity index (χ3v) is 8.13. The predicted octanol–water partition coefficient (Wildman–Crippen LogP) is 5.41. The van der Waals surface area contributed by atoms with Crippen molar-refractivity contribution in [2.45, 2.75) is 66.2 Å². The van der Waals surface area contributed by atoms with E-state index in [0.717, 1.165) is 42.1 Å². The maximum absolute atomic E-state index is 13.6. The average molecular weight is 572 g/mol. The van der Waals surface area contributed by atoms with Gasteiger partial charge in [0.1, 0.15) is 19.0 Å². The minimum atomic E-state index is -0.795. The normalized spacial score (nSPS) is 14.8. The summed E-state index contributed by atoms with van der Waals surface area (Å²) in [7, 11) is 0. The lowest BCUT2D eigenvalue weighted by molar-refractivity contribution is -0.156. The lowest BCUT2D eigenvalue weighted by Crippen LogP contribution is -2.34. The standard InChI is InChI=1S/C34H45N5O3/c1-5-39(36)23-30(35)13-14-31(34(3,4)33(40)42-24-26-9-7-6-8-10-26)27-12-11-25(2)29(19-27)22-38-17-18-41-32-20-37-16-15-28(32)21-38/h6-12,15-16,19-20,23,31H,5,13-14,17-18,21-22,24,35-36H2,1-4H3/b30-23-. The molecule has 1 unspecified atom stereocenters. The van der Waals surface area contributed by atoms with Crippen molar-refractivity contribution in [2.24, 2.45) is 17.0 Å². The molecule has 1 atom stereocenters. The van der Waals surface area contributed by atoms with Crippen LogP contribution in [0.25, 0.3) is 0 Å². The molecule has 1 aliphatic rings. The summed E-state index contributed by atoms with van der Waals surface area (Å²) >= 11 is 0. The minimum absolute atomic E-state index is 0.126. The predicted molar refractivity (Wildman–Crippen MR) is 166 cm³/mol. The summed E-state index contributed by atoms with van der Waals surface area (Å²) < 4.78 is 11.8. The first-order chi connectivity index (χ1) is 20.2. The fourth-order valence-corrected chi connectivity index (χ4v) is 5.40. The second-order valence-corrected chi connectivity index (χ2v) is 11.6. The van der Waals surface area contributed by atoms with Crippen molar-refractivity contribution in [1.82, 2.24) is 14.9 Å². The zero-order valence-electron chi connectivity index (χ0n) is 25.4. The van der Waals surface area contributed by atoms with Crippen LogP contribution in [0.2, 0.25) is 0 Å². The molecule has 224 valence electrons. The molecule has 0 fully saturated rings. The van der Waals surface area contributed by atoms with Crippen LogP contribution in [0, 0.1) is 12.3 Å². The maximum atomic E-state index is 13.6. The number of pyridine rings is 1. The molecule has 1 aromatic heterocycles. The van der Waals surface area contributed by atoms with Crippen LogP contribution in [0.1, 0.15) is 67.3 Å². The van der Waals surface area contributed by atoms with E-state index in [0.29, 0.717) is 31.7 Å². The molecule has 0 saturated heterocycles. The lowest BCUT2D eigenvalue weighted by atomic mass is 9.72. The number of carbonyl (C=O) groups is 1. The van der Waals surface area contributed by atoms with Gasteiger partial charge in [-0.1, -0.05) is 48.5 Å². The number of ether oxygens (including phenoxy) is 2. The first-order valence-corrected chi connectivity index (χ1v) is 14.7. The molecule has 0 bridgehead atoms. The number of fused-ring (bicyclic) bond motifs is 1. The van der Waals surface area contributed by atoms with Gasteiger partial charge in [-0.15, -0.1) is 0 Å². The van der Waals surface area contributed by atoms with Gasteiger partial charge in [0.25, 0.3) is 0 Å². The number of aryl methyl sites for hydroxylation is 1. The Morgan fingerprint density at radius 3 is 2.76 bits per heavy atom. The van der Waals surface area contributed by atoms with Crippen LogP contribution in [0.4, 0.5) is 0 Å². The number of rotatable bonds is 12. The number of benzene rings is 2. The molecule has 0 saturated carbocycles. The van der Waals surface area contributed by atoms with Crippen LogP contribution >= 0.6 is 0 Å². The van der Waals surface area contributed by atoms with E-state index in [2.05, 4.69) is 35.0 Å². The van der Waals surface area contributed by atoms with Crippen LogP contribution in [-0.4, -0.2) is 40.6 Å². The summed E-state index contributed by atoms with van der Waals surface area (Å²) in [5.41, 5.74) is 11.9. The van der Waals surface area contributed by atoms with E-state index in [9.17, 15) is 4.79 Å². The van der Waals surface area contributed by atoms with E-state index in [1.807, 2.05) is 63.4 Å². The highest BCUT2D eigenvalue weighted by Gasteiger charge is 2.39. The first-order valence-electron chi connectivity index (χ1n) is 14.7. The van der Waals surface area contributed by atoms with Crippen LogP contribution in [-0.2, 0) is 29.2 Å². The summed E-state index contributed by atoms with van der Waals surface area (Å²) in [4.78, 5) is 20.2. The van der Waals surface area contributed by atoms with E-state index < -0.39 is 5.41 Å². The Labute approximate surface area is 250 Å². The number of hydrogen-bond acceptors (Lipinski definition) is 8. The number of nitrogens with two attached hydrogens (primary N) is 2. The zero-order valence-corrected chi connectivity index (χ0v) is 25.4. The van der Waals surface area contributed by atoms with Crippen molar-refractivity contribution in [3.8, 4) is 5.75 Å². The Balaban J connectivity index is 1.58. The molecule has 1 aliphatic heterocycles. The van der Waals surface area contributed by atoms with Crippen molar-refractivity contribution in [3.63, 3.8) is 0 Å². The smallest absolute Gasteiger partial charge is 0.312 e. The maximum Gasteiger partial charge on any atom is 0.312 e. The van der Waals surface area contributed by atoms with E-state index >= 15 is 0 Å². The summed E-state index contributed by atoms with van der Waals surface area (Å²) in [6, 6.07) is 18.4. The summed E-state index contributed by atoms with van der Waals surface area (Å²) in [6.45, 7) is 11.9. The Kier molecular flexibility index (Phi) is 10.6. The van der Waals surface area contributed by atoms with Gasteiger partial charge in [0.2, 0.25) is 0 Å². The number of aromatic nitrogens is 1. The Morgan fingerprint density at radius 2 is 2.00 bits per heavy atom. The molecule has 0 aliphatic carbocycles. The number of allylic oxidation sites excluding steroid dienone is 1. The molecule has 2 aromatic carbocycles. The fourth-order valence-electron chi connectivity index (χ4n) is 5.40. The molecule has 4 rings (SSSR count). The van der Waals surface area contributed by atoms with E-state index in [1.54, 1.807) is 17.4 Å². The second-order valence-electron chi connectivity index (χ2n) is 11.6.